The maximum absolute atomic E-state index is 13.6. The van der Waals surface area contributed by atoms with Gasteiger partial charge in [-0.2, -0.15) is 5.10 Å². The first-order valence-electron chi connectivity index (χ1n) is 7.66. The number of aromatic nitrogens is 3. The minimum Gasteiger partial charge on any atom is -0.348 e. The van der Waals surface area contributed by atoms with Crippen LogP contribution < -0.4 is 5.32 Å². The highest BCUT2D eigenvalue weighted by Crippen LogP contribution is 2.12. The van der Waals surface area contributed by atoms with Crippen molar-refractivity contribution in [1.82, 2.24) is 20.1 Å². The predicted molar refractivity (Wildman–Crippen MR) is 88.4 cm³/mol. The van der Waals surface area contributed by atoms with Crippen LogP contribution in [0.3, 0.4) is 0 Å². The van der Waals surface area contributed by atoms with E-state index in [1.807, 2.05) is 19.9 Å². The van der Waals surface area contributed by atoms with Gasteiger partial charge in [0, 0.05) is 30.1 Å². The van der Waals surface area contributed by atoms with Gasteiger partial charge in [0.15, 0.2) is 5.82 Å². The van der Waals surface area contributed by atoms with Gasteiger partial charge < -0.3 is 5.32 Å². The van der Waals surface area contributed by atoms with E-state index in [2.05, 4.69) is 15.4 Å². The smallest absolute Gasteiger partial charge is 0.253 e. The molecule has 0 saturated heterocycles. The average molecular weight is 342 g/mol. The lowest BCUT2D eigenvalue weighted by Gasteiger charge is -2.08. The molecule has 0 aliphatic carbocycles. The molecule has 3 rings (SSSR count). The summed E-state index contributed by atoms with van der Waals surface area (Å²) < 4.78 is 28.1. The Hall–Kier alpha value is -3.09. The standard InChI is InChI=1S/C18H16F2N4O/c1-11-7-12(2)24(23-11)17-6-4-14(10-21-17)18(25)22-9-13-3-5-15(19)8-16(13)20/h3-8,10H,9H2,1-2H3,(H,22,25). The SMILES string of the molecule is Cc1cc(C)n(-c2ccc(C(=O)NCc3ccc(F)cc3F)cn2)n1. The summed E-state index contributed by atoms with van der Waals surface area (Å²) in [6, 6.07) is 8.47. The number of carbonyl (C=O) groups is 1. The highest BCUT2D eigenvalue weighted by atomic mass is 19.1. The fourth-order valence-electron chi connectivity index (χ4n) is 2.45. The maximum atomic E-state index is 13.6. The normalized spacial score (nSPS) is 10.7. The van der Waals surface area contributed by atoms with E-state index < -0.39 is 17.5 Å². The van der Waals surface area contributed by atoms with Crippen molar-refractivity contribution in [2.45, 2.75) is 20.4 Å². The van der Waals surface area contributed by atoms with Crippen molar-refractivity contribution >= 4 is 5.91 Å². The molecule has 0 fully saturated rings. The van der Waals surface area contributed by atoms with Crippen LogP contribution in [0.4, 0.5) is 8.78 Å². The molecule has 25 heavy (non-hydrogen) atoms. The van der Waals surface area contributed by atoms with Crippen LogP contribution in [0.25, 0.3) is 5.82 Å². The van der Waals surface area contributed by atoms with E-state index in [0.717, 1.165) is 23.5 Å². The molecule has 3 aromatic rings. The minimum absolute atomic E-state index is 0.0375. The van der Waals surface area contributed by atoms with Crippen molar-refractivity contribution in [3.8, 4) is 5.82 Å². The Balaban J connectivity index is 1.69. The molecule has 0 unspecified atom stereocenters. The predicted octanol–water partition coefficient (Wildman–Crippen LogP) is 3.09. The van der Waals surface area contributed by atoms with Crippen LogP contribution in [0.1, 0.15) is 27.3 Å². The fraction of sp³-hybridized carbons (Fsp3) is 0.167. The first-order valence-corrected chi connectivity index (χ1v) is 7.66. The minimum atomic E-state index is -0.696. The van der Waals surface area contributed by atoms with Gasteiger partial charge in [-0.1, -0.05) is 6.07 Å². The van der Waals surface area contributed by atoms with Gasteiger partial charge >= 0.3 is 0 Å². The highest BCUT2D eigenvalue weighted by molar-refractivity contribution is 5.93. The monoisotopic (exact) mass is 342 g/mol. The molecule has 0 bridgehead atoms. The molecule has 5 nitrogen and oxygen atoms in total. The Morgan fingerprint density at radius 1 is 1.16 bits per heavy atom. The molecule has 0 atom stereocenters. The van der Waals surface area contributed by atoms with Gasteiger partial charge in [-0.25, -0.2) is 18.4 Å². The number of amides is 1. The summed E-state index contributed by atoms with van der Waals surface area (Å²) in [6.45, 7) is 3.77. The van der Waals surface area contributed by atoms with E-state index in [1.165, 1.54) is 12.3 Å². The molecule has 2 aromatic heterocycles. The van der Waals surface area contributed by atoms with Crippen LogP contribution in [0.5, 0.6) is 0 Å². The number of hydrogen-bond acceptors (Lipinski definition) is 3. The number of rotatable bonds is 4. The molecular formula is C18H16F2N4O. The summed E-state index contributed by atoms with van der Waals surface area (Å²) in [5.74, 6) is -1.14. The molecule has 0 radical (unpaired) electrons. The lowest BCUT2D eigenvalue weighted by molar-refractivity contribution is 0.0950. The first-order chi connectivity index (χ1) is 11.9. The third-order valence-electron chi connectivity index (χ3n) is 3.69. The number of aryl methyl sites for hydroxylation is 2. The number of hydrogen-bond donors (Lipinski definition) is 1. The van der Waals surface area contributed by atoms with E-state index in [-0.39, 0.29) is 12.1 Å². The Bertz CT molecular complexity index is 919. The van der Waals surface area contributed by atoms with Gasteiger partial charge in [-0.15, -0.1) is 0 Å². The molecule has 0 aliphatic heterocycles. The molecule has 0 spiro atoms. The van der Waals surface area contributed by atoms with E-state index in [0.29, 0.717) is 11.4 Å². The van der Waals surface area contributed by atoms with Gasteiger partial charge in [0.1, 0.15) is 11.6 Å². The summed E-state index contributed by atoms with van der Waals surface area (Å²) in [5, 5.41) is 6.92. The molecule has 1 aromatic carbocycles. The van der Waals surface area contributed by atoms with Crippen LogP contribution in [-0.2, 0) is 6.54 Å². The molecule has 2 heterocycles. The Morgan fingerprint density at radius 3 is 2.56 bits per heavy atom. The van der Waals surface area contributed by atoms with Crippen LogP contribution in [-0.4, -0.2) is 20.7 Å². The van der Waals surface area contributed by atoms with Crippen LogP contribution in [0, 0.1) is 25.5 Å². The van der Waals surface area contributed by atoms with Gasteiger partial charge in [0.05, 0.1) is 11.3 Å². The van der Waals surface area contributed by atoms with E-state index in [4.69, 9.17) is 0 Å². The molecular weight excluding hydrogens is 326 g/mol. The molecule has 0 aliphatic rings. The van der Waals surface area contributed by atoms with Crippen molar-refractivity contribution in [1.29, 1.82) is 0 Å². The van der Waals surface area contributed by atoms with E-state index in [9.17, 15) is 13.6 Å². The molecule has 128 valence electrons. The third-order valence-corrected chi connectivity index (χ3v) is 3.69. The van der Waals surface area contributed by atoms with E-state index in [1.54, 1.807) is 16.8 Å². The van der Waals surface area contributed by atoms with Crippen molar-refractivity contribution < 1.29 is 13.6 Å². The molecule has 7 heteroatoms. The number of nitrogens with one attached hydrogen (secondary N) is 1. The molecule has 1 amide bonds. The summed E-state index contributed by atoms with van der Waals surface area (Å²) in [5.41, 5.74) is 2.37. The summed E-state index contributed by atoms with van der Waals surface area (Å²) in [7, 11) is 0. The van der Waals surface area contributed by atoms with Crippen molar-refractivity contribution in [2.75, 3.05) is 0 Å². The molecule has 0 saturated carbocycles. The second-order valence-corrected chi connectivity index (χ2v) is 5.66. The molecule has 1 N–H and O–H groups in total. The lowest BCUT2D eigenvalue weighted by atomic mass is 10.2. The first kappa shape index (κ1) is 16.8. The Morgan fingerprint density at radius 2 is 1.96 bits per heavy atom. The topological polar surface area (TPSA) is 59.8 Å². The zero-order valence-electron chi connectivity index (χ0n) is 13.8. The Labute approximate surface area is 143 Å². The van der Waals surface area contributed by atoms with Crippen LogP contribution in [0.15, 0.2) is 42.6 Å². The third kappa shape index (κ3) is 3.71. The number of benzene rings is 1. The summed E-state index contributed by atoms with van der Waals surface area (Å²) >= 11 is 0. The number of pyridine rings is 1. The lowest BCUT2D eigenvalue weighted by Crippen LogP contribution is -2.23. The number of carbonyl (C=O) groups excluding carboxylic acids is 1. The van der Waals surface area contributed by atoms with Crippen molar-refractivity contribution in [3.63, 3.8) is 0 Å². The van der Waals surface area contributed by atoms with Crippen molar-refractivity contribution in [2.24, 2.45) is 0 Å². The number of nitrogens with zero attached hydrogens (tertiary/aromatic N) is 3. The van der Waals surface area contributed by atoms with Gasteiger partial charge in [0.25, 0.3) is 5.91 Å². The second-order valence-electron chi connectivity index (χ2n) is 5.66. The maximum Gasteiger partial charge on any atom is 0.253 e. The van der Waals surface area contributed by atoms with E-state index >= 15 is 0 Å². The zero-order valence-corrected chi connectivity index (χ0v) is 13.8. The van der Waals surface area contributed by atoms with Gasteiger partial charge in [-0.05, 0) is 38.1 Å². The summed E-state index contributed by atoms with van der Waals surface area (Å²) in [6.07, 6.45) is 1.43. The van der Waals surface area contributed by atoms with Gasteiger partial charge in [0.2, 0.25) is 0 Å². The number of halogens is 2. The van der Waals surface area contributed by atoms with Crippen molar-refractivity contribution in [3.05, 3.63) is 76.7 Å². The van der Waals surface area contributed by atoms with Crippen LogP contribution >= 0.6 is 0 Å². The highest BCUT2D eigenvalue weighted by Gasteiger charge is 2.10. The Kier molecular flexibility index (Phi) is 4.56. The van der Waals surface area contributed by atoms with Gasteiger partial charge in [-0.3, -0.25) is 4.79 Å². The van der Waals surface area contributed by atoms with Crippen LogP contribution in [0.2, 0.25) is 0 Å². The second kappa shape index (κ2) is 6.80. The summed E-state index contributed by atoms with van der Waals surface area (Å²) in [4.78, 5) is 16.4. The zero-order chi connectivity index (χ0) is 18.0. The average Bonchev–Trinajstić information content (AvgIpc) is 2.92. The fourth-order valence-corrected chi connectivity index (χ4v) is 2.45. The quantitative estimate of drug-likeness (QED) is 0.793. The largest absolute Gasteiger partial charge is 0.348 e.